The Morgan fingerprint density at radius 3 is 1.29 bits per heavy atom. The van der Waals surface area contributed by atoms with Gasteiger partial charge in [0.05, 0.1) is 87.5 Å². The van der Waals surface area contributed by atoms with Crippen LogP contribution in [0.4, 0.5) is 66.5 Å². The summed E-state index contributed by atoms with van der Waals surface area (Å²) in [5, 5.41) is 35.7. The Kier molecular flexibility index (Phi) is 23.4. The van der Waals surface area contributed by atoms with E-state index in [1.807, 2.05) is 98.8 Å². The fourth-order valence-corrected chi connectivity index (χ4v) is 13.8. The molecule has 1 saturated carbocycles. The first kappa shape index (κ1) is 72.7. The van der Waals surface area contributed by atoms with Gasteiger partial charge >= 0.3 is 18.1 Å². The van der Waals surface area contributed by atoms with Gasteiger partial charge in [-0.15, -0.1) is 0 Å². The zero-order valence-corrected chi connectivity index (χ0v) is 60.6. The summed E-state index contributed by atoms with van der Waals surface area (Å²) in [6.07, 6.45) is 12.6. The minimum absolute atomic E-state index is 0.157. The van der Waals surface area contributed by atoms with Crippen LogP contribution in [0.5, 0.6) is 0 Å². The number of morpholine rings is 3. The second-order valence-corrected chi connectivity index (χ2v) is 26.7. The average Bonchev–Trinajstić information content (AvgIpc) is 0.789. The van der Waals surface area contributed by atoms with Gasteiger partial charge in [0.1, 0.15) is 41.2 Å². The third-order valence-electron chi connectivity index (χ3n) is 19.6. The van der Waals surface area contributed by atoms with Crippen molar-refractivity contribution in [3.8, 4) is 46.3 Å². The van der Waals surface area contributed by atoms with Gasteiger partial charge in [0.25, 0.3) is 0 Å². The highest BCUT2D eigenvalue weighted by Crippen LogP contribution is 2.37. The van der Waals surface area contributed by atoms with Gasteiger partial charge in [-0.2, -0.15) is 10.5 Å². The summed E-state index contributed by atoms with van der Waals surface area (Å²) in [6.45, 7) is 17.9. The van der Waals surface area contributed by atoms with Crippen LogP contribution in [0.3, 0.4) is 0 Å². The molecule has 108 heavy (non-hydrogen) atoms. The molecule has 6 aromatic heterocycles. The predicted molar refractivity (Wildman–Crippen MR) is 411 cm³/mol. The van der Waals surface area contributed by atoms with Crippen molar-refractivity contribution >= 4 is 70.2 Å². The van der Waals surface area contributed by atoms with E-state index >= 15 is 0 Å². The van der Waals surface area contributed by atoms with E-state index < -0.39 is 0 Å². The Morgan fingerprint density at radius 2 is 0.870 bits per heavy atom. The van der Waals surface area contributed by atoms with Crippen molar-refractivity contribution in [1.82, 2.24) is 65.8 Å². The van der Waals surface area contributed by atoms with Gasteiger partial charge in [0.15, 0.2) is 17.5 Å². The van der Waals surface area contributed by atoms with E-state index in [0.29, 0.717) is 130 Å². The number of aromatic nitrogens is 10. The van der Waals surface area contributed by atoms with E-state index in [9.17, 15) is 19.6 Å². The molecule has 3 saturated heterocycles. The number of nitrogens with zero attached hydrogens (tertiary/aromatic N) is 18. The van der Waals surface area contributed by atoms with Crippen molar-refractivity contribution in [2.45, 2.75) is 78.0 Å². The lowest BCUT2D eigenvalue weighted by Crippen LogP contribution is -2.41. The smallest absolute Gasteiger partial charge is 0.319 e. The summed E-state index contributed by atoms with van der Waals surface area (Å²) < 4.78 is 16.7. The Labute approximate surface area is 626 Å². The SMILES string of the molecule is CCNC(=O)Nc1ccc(-c2nc3c(c(N4CCOCC4)n2)CCN(c2ccc(C#N)cn2)C3)cc1.CCNC(=O)Nc1ccc(-c2nc3c(c(N4CCOCC4)n2)CCN(c2ncccc2C#N)C3)cc1.O=C(Nc1ccc(-c2nc3c(c(N4CCOCC4)n2)CCN(c2ncccn2)C3)cc1)NC1CCC1. The number of hydrogen-bond donors (Lipinski definition) is 6. The molecule has 554 valence electrons. The molecule has 3 aromatic carbocycles. The number of nitrogens with one attached hydrogen (secondary N) is 6. The predicted octanol–water partition coefficient (Wildman–Crippen LogP) is 8.91. The van der Waals surface area contributed by atoms with Crippen LogP contribution in [-0.4, -0.2) is 186 Å². The molecule has 1 aliphatic carbocycles. The molecule has 6 aliphatic heterocycles. The molecule has 30 heteroatoms. The van der Waals surface area contributed by atoms with E-state index in [1.54, 1.807) is 43.0 Å². The third kappa shape index (κ3) is 17.7. The lowest BCUT2D eigenvalue weighted by atomic mass is 9.93. The number of amides is 6. The van der Waals surface area contributed by atoms with Gasteiger partial charge in [0.2, 0.25) is 5.95 Å². The minimum atomic E-state index is -0.240. The molecule has 6 N–H and O–H groups in total. The number of benzene rings is 3. The van der Waals surface area contributed by atoms with Crippen molar-refractivity contribution in [3.05, 3.63) is 173 Å². The molecule has 0 spiro atoms. The Bertz CT molecular complexity index is 4700. The number of fused-ring (bicyclic) bond motifs is 3. The number of carbonyl (C=O) groups is 3. The third-order valence-corrected chi connectivity index (χ3v) is 19.6. The van der Waals surface area contributed by atoms with Crippen LogP contribution >= 0.6 is 0 Å². The van der Waals surface area contributed by atoms with Crippen molar-refractivity contribution in [1.29, 1.82) is 10.5 Å². The second-order valence-electron chi connectivity index (χ2n) is 26.7. The van der Waals surface area contributed by atoms with Crippen LogP contribution in [-0.2, 0) is 53.1 Å². The van der Waals surface area contributed by atoms with Crippen molar-refractivity contribution in [2.24, 2.45) is 0 Å². The molecular weight excluding hydrogens is 1370 g/mol. The first-order valence-electron chi connectivity index (χ1n) is 36.9. The summed E-state index contributed by atoms with van der Waals surface area (Å²) in [4.78, 5) is 97.1. The van der Waals surface area contributed by atoms with E-state index in [2.05, 4.69) is 93.4 Å². The second kappa shape index (κ2) is 34.8. The highest BCUT2D eigenvalue weighted by atomic mass is 16.5. The molecule has 16 rings (SSSR count). The maximum atomic E-state index is 12.2. The fourth-order valence-electron chi connectivity index (χ4n) is 13.8. The molecule has 30 nitrogen and oxygen atoms in total. The first-order valence-corrected chi connectivity index (χ1v) is 36.9. The van der Waals surface area contributed by atoms with Crippen molar-refractivity contribution in [2.75, 3.05) is 157 Å². The molecular formula is C78H86N24O6. The summed E-state index contributed by atoms with van der Waals surface area (Å²) in [5.74, 6) is 7.09. The standard InChI is InChI=1S/C26H30N8O2.2C26H28N8O2/c35-26(29-19-3-1-4-19)30-20-7-5-18(6-8-20)23-31-22-17-34(25-27-10-2-11-28-25)12-9-21(22)24(32-23)33-13-15-36-16-14-33;1-2-28-26(35)30-20-6-4-19(5-7-20)24-31-22-17-34(23-8-3-18(15-27)16-29-23)10-9-21(22)25(32-24)33-11-13-36-14-12-33;1-2-28-26(35)30-20-7-5-18(6-8-20)23-31-22-17-34(24-19(16-27)4-3-10-29-24)11-9-21(22)25(32-23)33-12-14-36-15-13-33/h2,5-8,10-11,19H,1,3-4,9,12-17H2,(H2,29,30,35);3-8,16H,2,9-14,17H2,1H3,(H2,28,30,35);3-8,10H,2,9,11-15,17H2,1H3,(H2,28,30,35). The summed E-state index contributed by atoms with van der Waals surface area (Å²) in [7, 11) is 0. The molecule has 12 heterocycles. The van der Waals surface area contributed by atoms with Crippen LogP contribution in [0, 0.1) is 22.7 Å². The minimum Gasteiger partial charge on any atom is -0.378 e. The number of rotatable bonds is 15. The lowest BCUT2D eigenvalue weighted by molar-refractivity contribution is 0.122. The van der Waals surface area contributed by atoms with Crippen LogP contribution in [0.25, 0.3) is 34.2 Å². The number of carbonyl (C=O) groups excluding carboxylic acids is 3. The fraction of sp³-hybridized carbons (Fsp3) is 0.372. The molecule has 6 amide bonds. The highest BCUT2D eigenvalue weighted by molar-refractivity contribution is 5.91. The van der Waals surface area contributed by atoms with Crippen LogP contribution in [0.2, 0.25) is 0 Å². The van der Waals surface area contributed by atoms with Crippen LogP contribution in [0.1, 0.15) is 78.0 Å². The van der Waals surface area contributed by atoms with E-state index in [1.165, 1.54) is 17.5 Å². The summed E-state index contributed by atoms with van der Waals surface area (Å²) in [5.41, 5.74) is 12.3. The molecule has 0 radical (unpaired) electrons. The van der Waals surface area contributed by atoms with E-state index in [4.69, 9.17) is 49.4 Å². The van der Waals surface area contributed by atoms with Gasteiger partial charge in [-0.1, -0.05) is 0 Å². The average molecular weight is 1460 g/mol. The summed E-state index contributed by atoms with van der Waals surface area (Å²) >= 11 is 0. The first-order chi connectivity index (χ1) is 53.0. The van der Waals surface area contributed by atoms with Gasteiger partial charge < -0.3 is 75.5 Å². The maximum Gasteiger partial charge on any atom is 0.319 e. The molecule has 0 unspecified atom stereocenters. The molecule has 4 fully saturated rings. The number of anilines is 9. The molecule has 7 aliphatic rings. The lowest BCUT2D eigenvalue weighted by Gasteiger charge is -2.34. The normalized spacial score (nSPS) is 16.0. The van der Waals surface area contributed by atoms with Crippen LogP contribution < -0.4 is 61.3 Å². The zero-order chi connectivity index (χ0) is 74.1. The van der Waals surface area contributed by atoms with Gasteiger partial charge in [-0.3, -0.25) is 0 Å². The Morgan fingerprint density at radius 1 is 0.444 bits per heavy atom. The van der Waals surface area contributed by atoms with Crippen molar-refractivity contribution in [3.63, 3.8) is 0 Å². The Hall–Kier alpha value is -12.3. The van der Waals surface area contributed by atoms with E-state index in [0.717, 1.165) is 159 Å². The van der Waals surface area contributed by atoms with Gasteiger partial charge in [-0.25, -0.2) is 64.2 Å². The highest BCUT2D eigenvalue weighted by Gasteiger charge is 2.32. The number of hydrogen-bond acceptors (Lipinski definition) is 24. The number of urea groups is 3. The largest absolute Gasteiger partial charge is 0.378 e. The number of nitriles is 2. The van der Waals surface area contributed by atoms with Crippen LogP contribution in [0.15, 0.2) is 128 Å². The Balaban J connectivity index is 0.000000136. The molecule has 0 atom stereocenters. The zero-order valence-electron chi connectivity index (χ0n) is 60.6. The topological polar surface area (TPSA) is 347 Å². The van der Waals surface area contributed by atoms with E-state index in [-0.39, 0.29) is 18.1 Å². The maximum absolute atomic E-state index is 12.2. The van der Waals surface area contributed by atoms with Gasteiger partial charge in [0, 0.05) is 153 Å². The van der Waals surface area contributed by atoms with Gasteiger partial charge in [-0.05, 0) is 156 Å². The number of pyridine rings is 2. The molecule has 0 bridgehead atoms. The number of ether oxygens (including phenoxy) is 3. The quantitative estimate of drug-likeness (QED) is 0.0557. The van der Waals surface area contributed by atoms with Crippen molar-refractivity contribution < 1.29 is 28.6 Å². The molecule has 9 aromatic rings. The monoisotopic (exact) mass is 1450 g/mol. The summed E-state index contributed by atoms with van der Waals surface area (Å²) in [6, 6.07) is 35.9.